The van der Waals surface area contributed by atoms with Gasteiger partial charge in [0.25, 0.3) is 0 Å². The molecule has 0 radical (unpaired) electrons. The molecule has 2 aliphatic rings. The monoisotopic (exact) mass is 282 g/mol. The van der Waals surface area contributed by atoms with Crippen LogP contribution in [0.1, 0.15) is 53.9 Å². The Balaban J connectivity index is 1.96. The van der Waals surface area contributed by atoms with Crippen molar-refractivity contribution in [3.05, 3.63) is 0 Å². The van der Waals surface area contributed by atoms with Crippen molar-refractivity contribution < 1.29 is 4.74 Å². The molecule has 1 saturated carbocycles. The van der Waals surface area contributed by atoms with Gasteiger partial charge in [0, 0.05) is 30.7 Å². The van der Waals surface area contributed by atoms with Crippen molar-refractivity contribution in [3.8, 4) is 0 Å². The van der Waals surface area contributed by atoms with E-state index in [0.717, 1.165) is 19.1 Å². The van der Waals surface area contributed by atoms with E-state index in [1.165, 1.54) is 32.4 Å². The molecule has 4 unspecified atom stereocenters. The first kappa shape index (κ1) is 16.3. The standard InChI is InChI=1S/C17H34N2O/c1-6-14-8-9-19(12-13(3)11-18-14)15-10-16(20-7-2)17(15,4)5/h13-16,18H,6-12H2,1-5H3. The molecule has 0 bridgehead atoms. The molecule has 1 aliphatic carbocycles. The Hall–Kier alpha value is -0.120. The van der Waals surface area contributed by atoms with E-state index in [2.05, 4.69) is 44.8 Å². The van der Waals surface area contributed by atoms with Gasteiger partial charge < -0.3 is 10.1 Å². The Morgan fingerprint density at radius 2 is 2.05 bits per heavy atom. The van der Waals surface area contributed by atoms with Gasteiger partial charge in [0.1, 0.15) is 0 Å². The quantitative estimate of drug-likeness (QED) is 0.858. The molecule has 0 aromatic heterocycles. The second-order valence-electron chi connectivity index (χ2n) is 7.42. The van der Waals surface area contributed by atoms with Crippen LogP contribution in [0.5, 0.6) is 0 Å². The minimum absolute atomic E-state index is 0.310. The molecule has 0 aromatic carbocycles. The van der Waals surface area contributed by atoms with E-state index in [4.69, 9.17) is 4.74 Å². The summed E-state index contributed by atoms with van der Waals surface area (Å²) in [7, 11) is 0. The van der Waals surface area contributed by atoms with Crippen molar-refractivity contribution in [3.63, 3.8) is 0 Å². The summed E-state index contributed by atoms with van der Waals surface area (Å²) in [5, 5.41) is 3.71. The molecule has 0 aromatic rings. The normalized spacial score (nSPS) is 38.9. The Morgan fingerprint density at radius 3 is 2.65 bits per heavy atom. The lowest BCUT2D eigenvalue weighted by Crippen LogP contribution is -2.63. The second-order valence-corrected chi connectivity index (χ2v) is 7.42. The maximum absolute atomic E-state index is 5.90. The SMILES string of the molecule is CCOC1CC(N2CCC(CC)NCC(C)C2)C1(C)C. The zero-order chi connectivity index (χ0) is 14.8. The summed E-state index contributed by atoms with van der Waals surface area (Å²) < 4.78 is 5.90. The van der Waals surface area contributed by atoms with Gasteiger partial charge >= 0.3 is 0 Å². The first-order chi connectivity index (χ1) is 9.48. The van der Waals surface area contributed by atoms with Crippen molar-refractivity contribution in [1.29, 1.82) is 0 Å². The number of rotatable bonds is 4. The zero-order valence-corrected chi connectivity index (χ0v) is 14.1. The summed E-state index contributed by atoms with van der Waals surface area (Å²) >= 11 is 0. The van der Waals surface area contributed by atoms with E-state index >= 15 is 0 Å². The molecular weight excluding hydrogens is 248 g/mol. The molecule has 0 amide bonds. The Kier molecular flexibility index (Phi) is 5.49. The van der Waals surface area contributed by atoms with Crippen LogP contribution >= 0.6 is 0 Å². The van der Waals surface area contributed by atoms with Crippen molar-refractivity contribution in [2.24, 2.45) is 11.3 Å². The van der Waals surface area contributed by atoms with Crippen LogP contribution in [0.4, 0.5) is 0 Å². The summed E-state index contributed by atoms with van der Waals surface area (Å²) in [5.74, 6) is 0.742. The molecule has 2 rings (SSSR count). The molecule has 1 N–H and O–H groups in total. The predicted molar refractivity (Wildman–Crippen MR) is 85.0 cm³/mol. The number of nitrogens with one attached hydrogen (secondary N) is 1. The van der Waals surface area contributed by atoms with Gasteiger partial charge in [0.05, 0.1) is 6.10 Å². The van der Waals surface area contributed by atoms with Crippen LogP contribution in [-0.4, -0.2) is 49.3 Å². The van der Waals surface area contributed by atoms with E-state index in [-0.39, 0.29) is 0 Å². The predicted octanol–water partition coefficient (Wildman–Crippen LogP) is 2.90. The lowest BCUT2D eigenvalue weighted by atomic mass is 9.63. The van der Waals surface area contributed by atoms with Gasteiger partial charge in [-0.2, -0.15) is 0 Å². The minimum Gasteiger partial charge on any atom is -0.378 e. The van der Waals surface area contributed by atoms with E-state index in [1.807, 2.05) is 0 Å². The lowest BCUT2D eigenvalue weighted by Gasteiger charge is -2.56. The average molecular weight is 282 g/mol. The Bertz CT molecular complexity index is 305. The largest absolute Gasteiger partial charge is 0.378 e. The van der Waals surface area contributed by atoms with Gasteiger partial charge in [-0.05, 0) is 45.2 Å². The maximum Gasteiger partial charge on any atom is 0.0655 e. The van der Waals surface area contributed by atoms with Crippen molar-refractivity contribution in [2.75, 3.05) is 26.2 Å². The summed E-state index contributed by atoms with van der Waals surface area (Å²) in [5.41, 5.74) is 0.310. The van der Waals surface area contributed by atoms with Gasteiger partial charge in [-0.3, -0.25) is 4.90 Å². The third kappa shape index (κ3) is 3.37. The number of ether oxygens (including phenoxy) is 1. The molecule has 1 heterocycles. The highest BCUT2D eigenvalue weighted by molar-refractivity contribution is 5.04. The second kappa shape index (κ2) is 6.76. The van der Waals surface area contributed by atoms with Crippen LogP contribution in [0.15, 0.2) is 0 Å². The zero-order valence-electron chi connectivity index (χ0n) is 14.1. The van der Waals surface area contributed by atoms with Crippen molar-refractivity contribution in [2.45, 2.75) is 72.1 Å². The summed E-state index contributed by atoms with van der Waals surface area (Å²) in [4.78, 5) is 2.75. The third-order valence-corrected chi connectivity index (χ3v) is 5.49. The molecular formula is C17H34N2O. The first-order valence-corrected chi connectivity index (χ1v) is 8.58. The van der Waals surface area contributed by atoms with E-state index in [0.29, 0.717) is 23.6 Å². The van der Waals surface area contributed by atoms with E-state index in [9.17, 15) is 0 Å². The molecule has 0 spiro atoms. The van der Waals surface area contributed by atoms with E-state index < -0.39 is 0 Å². The molecule has 1 saturated heterocycles. The fourth-order valence-corrected chi connectivity index (χ4v) is 3.95. The van der Waals surface area contributed by atoms with Crippen LogP contribution in [0.25, 0.3) is 0 Å². The molecule has 2 fully saturated rings. The highest BCUT2D eigenvalue weighted by atomic mass is 16.5. The van der Waals surface area contributed by atoms with Crippen LogP contribution in [0, 0.1) is 11.3 Å². The van der Waals surface area contributed by atoms with Gasteiger partial charge in [0.2, 0.25) is 0 Å². The molecule has 3 nitrogen and oxygen atoms in total. The number of hydrogen-bond donors (Lipinski definition) is 1. The Labute approximate surface area is 125 Å². The average Bonchev–Trinajstić information content (AvgIpc) is 2.39. The molecule has 1 aliphatic heterocycles. The number of hydrogen-bond acceptors (Lipinski definition) is 3. The Morgan fingerprint density at radius 1 is 1.30 bits per heavy atom. The van der Waals surface area contributed by atoms with Crippen molar-refractivity contribution in [1.82, 2.24) is 10.2 Å². The summed E-state index contributed by atoms with van der Waals surface area (Å²) in [6, 6.07) is 1.41. The molecule has 118 valence electrons. The molecule has 20 heavy (non-hydrogen) atoms. The molecule has 4 atom stereocenters. The van der Waals surface area contributed by atoms with Gasteiger partial charge in [0.15, 0.2) is 0 Å². The molecule has 3 heteroatoms. The van der Waals surface area contributed by atoms with Crippen LogP contribution in [-0.2, 0) is 4.74 Å². The van der Waals surface area contributed by atoms with Crippen molar-refractivity contribution >= 4 is 0 Å². The maximum atomic E-state index is 5.90. The van der Waals surface area contributed by atoms with Crippen LogP contribution in [0.3, 0.4) is 0 Å². The topological polar surface area (TPSA) is 24.5 Å². The smallest absolute Gasteiger partial charge is 0.0655 e. The third-order valence-electron chi connectivity index (χ3n) is 5.49. The summed E-state index contributed by atoms with van der Waals surface area (Å²) in [6.45, 7) is 16.0. The lowest BCUT2D eigenvalue weighted by molar-refractivity contribution is -0.152. The van der Waals surface area contributed by atoms with Gasteiger partial charge in [-0.25, -0.2) is 0 Å². The first-order valence-electron chi connectivity index (χ1n) is 8.58. The van der Waals surface area contributed by atoms with E-state index in [1.54, 1.807) is 0 Å². The summed E-state index contributed by atoms with van der Waals surface area (Å²) in [6.07, 6.45) is 4.21. The van der Waals surface area contributed by atoms with Crippen LogP contribution < -0.4 is 5.32 Å². The number of nitrogens with zero attached hydrogens (tertiary/aromatic N) is 1. The van der Waals surface area contributed by atoms with Gasteiger partial charge in [-0.15, -0.1) is 0 Å². The van der Waals surface area contributed by atoms with Gasteiger partial charge in [-0.1, -0.05) is 27.7 Å². The highest BCUT2D eigenvalue weighted by Crippen LogP contribution is 2.46. The fraction of sp³-hybridized carbons (Fsp3) is 1.00. The van der Waals surface area contributed by atoms with Crippen LogP contribution in [0.2, 0.25) is 0 Å². The fourth-order valence-electron chi connectivity index (χ4n) is 3.95. The highest BCUT2D eigenvalue weighted by Gasteiger charge is 2.51. The minimum atomic E-state index is 0.310.